The number of imidazole rings is 1. The van der Waals surface area contributed by atoms with Crippen molar-refractivity contribution in [2.24, 2.45) is 7.05 Å². The fourth-order valence-electron chi connectivity index (χ4n) is 4.43. The summed E-state index contributed by atoms with van der Waals surface area (Å²) in [5.74, 6) is -0.124. The molecule has 3 rings (SSSR count). The van der Waals surface area contributed by atoms with Crippen molar-refractivity contribution < 1.29 is 14.1 Å². The molecule has 0 saturated heterocycles. The van der Waals surface area contributed by atoms with E-state index in [1.807, 2.05) is 36.4 Å². The smallest absolute Gasteiger partial charge is 0.307 e. The Hall–Kier alpha value is -3.06. The van der Waals surface area contributed by atoms with E-state index in [0.29, 0.717) is 32.7 Å². The third kappa shape index (κ3) is 12.6. The Morgan fingerprint density at radius 1 is 0.865 bits per heavy atom. The Balaban J connectivity index is 1.19. The van der Waals surface area contributed by atoms with Gasteiger partial charge in [0.25, 0.3) is 0 Å². The van der Waals surface area contributed by atoms with Crippen molar-refractivity contribution in [1.82, 2.24) is 19.4 Å². The minimum absolute atomic E-state index is 0.124. The highest BCUT2D eigenvalue weighted by Gasteiger charge is 2.12. The second kappa shape index (κ2) is 17.4. The second-order valence-corrected chi connectivity index (χ2v) is 9.82. The molecule has 0 fully saturated rings. The summed E-state index contributed by atoms with van der Waals surface area (Å²) in [4.78, 5) is 23.4. The van der Waals surface area contributed by atoms with E-state index in [1.165, 1.54) is 44.9 Å². The summed E-state index contributed by atoms with van der Waals surface area (Å²) in [5.41, 5.74) is 1.97. The normalized spacial score (nSPS) is 11.2. The summed E-state index contributed by atoms with van der Waals surface area (Å²) in [6, 6.07) is 11.8. The molecular weight excluding hydrogens is 462 g/mol. The van der Waals surface area contributed by atoms with E-state index >= 15 is 0 Å². The van der Waals surface area contributed by atoms with Gasteiger partial charge in [-0.3, -0.25) is 19.7 Å². The molecule has 3 aromatic rings. The van der Waals surface area contributed by atoms with Crippen LogP contribution >= 0.6 is 0 Å². The van der Waals surface area contributed by atoms with Gasteiger partial charge in [-0.2, -0.15) is 0 Å². The zero-order chi connectivity index (χ0) is 26.0. The topological polar surface area (TPSA) is 64.1 Å². The summed E-state index contributed by atoms with van der Waals surface area (Å²) in [6.45, 7) is 3.62. The van der Waals surface area contributed by atoms with Crippen LogP contribution in [0.15, 0.2) is 67.5 Å². The van der Waals surface area contributed by atoms with Crippen LogP contribution in [0.25, 0.3) is 0 Å². The number of hydrogen-bond acceptors (Lipinski definition) is 5. The van der Waals surface area contributed by atoms with Gasteiger partial charge in [0.1, 0.15) is 12.4 Å². The lowest BCUT2D eigenvalue weighted by atomic mass is 10.1. The zero-order valence-corrected chi connectivity index (χ0v) is 22.5. The number of ether oxygens (including phenoxy) is 1. The van der Waals surface area contributed by atoms with E-state index in [2.05, 4.69) is 49.8 Å². The number of aryl methyl sites for hydroxylation is 2. The summed E-state index contributed by atoms with van der Waals surface area (Å²) in [5, 5.41) is 0. The Morgan fingerprint density at radius 2 is 1.46 bits per heavy atom. The molecule has 3 aromatic heterocycles. The summed E-state index contributed by atoms with van der Waals surface area (Å²) in [7, 11) is 2.06. The van der Waals surface area contributed by atoms with Crippen LogP contribution in [0, 0.1) is 0 Å². The Kier molecular flexibility index (Phi) is 13.4. The Bertz CT molecular complexity index is 952. The fraction of sp³-hybridized carbons (Fsp3) is 0.533. The average Bonchev–Trinajstić information content (AvgIpc) is 3.34. The van der Waals surface area contributed by atoms with Crippen molar-refractivity contribution in [3.8, 4) is 0 Å². The first-order valence-corrected chi connectivity index (χ1v) is 13.9. The van der Waals surface area contributed by atoms with E-state index in [-0.39, 0.29) is 5.97 Å². The predicted molar refractivity (Wildman–Crippen MR) is 145 cm³/mol. The van der Waals surface area contributed by atoms with Crippen molar-refractivity contribution in [3.63, 3.8) is 0 Å². The molecular formula is C30H44N5O2+. The molecule has 0 amide bonds. The van der Waals surface area contributed by atoms with Crippen molar-refractivity contribution in [2.75, 3.05) is 13.2 Å². The number of esters is 1. The molecule has 0 N–H and O–H groups in total. The van der Waals surface area contributed by atoms with Crippen molar-refractivity contribution in [3.05, 3.63) is 78.9 Å². The molecule has 0 bridgehead atoms. The van der Waals surface area contributed by atoms with Crippen LogP contribution in [0.4, 0.5) is 0 Å². The number of hydrogen-bond donors (Lipinski definition) is 0. The number of nitrogens with zero attached hydrogens (tertiary/aromatic N) is 5. The molecule has 0 aliphatic carbocycles. The first-order chi connectivity index (χ1) is 18.2. The number of carbonyl (C=O) groups is 1. The van der Waals surface area contributed by atoms with Crippen molar-refractivity contribution >= 4 is 5.97 Å². The van der Waals surface area contributed by atoms with E-state index < -0.39 is 0 Å². The highest BCUT2D eigenvalue weighted by molar-refractivity contribution is 5.69. The maximum Gasteiger partial charge on any atom is 0.307 e. The average molecular weight is 507 g/mol. The van der Waals surface area contributed by atoms with Gasteiger partial charge in [0.2, 0.25) is 6.33 Å². The minimum Gasteiger partial charge on any atom is -0.466 e. The van der Waals surface area contributed by atoms with Gasteiger partial charge >= 0.3 is 5.97 Å². The Labute approximate surface area is 222 Å². The lowest BCUT2D eigenvalue weighted by molar-refractivity contribution is -0.671. The minimum atomic E-state index is -0.124. The lowest BCUT2D eigenvalue weighted by Gasteiger charge is -2.21. The first kappa shape index (κ1) is 28.5. The molecule has 0 saturated carbocycles. The Morgan fingerprint density at radius 3 is 2.00 bits per heavy atom. The first-order valence-electron chi connectivity index (χ1n) is 13.9. The van der Waals surface area contributed by atoms with Crippen LogP contribution < -0.4 is 4.57 Å². The van der Waals surface area contributed by atoms with E-state index in [9.17, 15) is 4.79 Å². The largest absolute Gasteiger partial charge is 0.466 e. The van der Waals surface area contributed by atoms with Crippen LogP contribution in [0.5, 0.6) is 0 Å². The molecule has 37 heavy (non-hydrogen) atoms. The number of unbranched alkanes of at least 4 members (excludes halogenated alkanes) is 8. The number of carbonyl (C=O) groups excluding carboxylic acids is 1. The number of pyridine rings is 2. The molecule has 7 heteroatoms. The van der Waals surface area contributed by atoms with E-state index in [4.69, 9.17) is 4.74 Å². The summed E-state index contributed by atoms with van der Waals surface area (Å²) < 4.78 is 9.85. The second-order valence-electron chi connectivity index (χ2n) is 9.82. The van der Waals surface area contributed by atoms with Gasteiger partial charge in [-0.1, -0.05) is 50.7 Å². The molecule has 0 unspecified atom stereocenters. The highest BCUT2D eigenvalue weighted by atomic mass is 16.5. The van der Waals surface area contributed by atoms with Crippen LogP contribution in [-0.4, -0.2) is 38.6 Å². The van der Waals surface area contributed by atoms with Crippen LogP contribution in [0.2, 0.25) is 0 Å². The maximum absolute atomic E-state index is 12.3. The lowest BCUT2D eigenvalue weighted by Crippen LogP contribution is -2.27. The van der Waals surface area contributed by atoms with Crippen LogP contribution in [0.3, 0.4) is 0 Å². The third-order valence-electron chi connectivity index (χ3n) is 6.50. The number of aromatic nitrogens is 4. The molecule has 0 aliphatic heterocycles. The van der Waals surface area contributed by atoms with Gasteiger partial charge in [0, 0.05) is 32.0 Å². The monoisotopic (exact) mass is 506 g/mol. The molecule has 0 aliphatic rings. The highest BCUT2D eigenvalue weighted by Crippen LogP contribution is 2.11. The summed E-state index contributed by atoms with van der Waals surface area (Å²) in [6.07, 6.45) is 21.4. The van der Waals surface area contributed by atoms with Crippen molar-refractivity contribution in [1.29, 1.82) is 0 Å². The van der Waals surface area contributed by atoms with Gasteiger partial charge in [-0.25, -0.2) is 9.13 Å². The molecule has 3 heterocycles. The molecule has 0 spiro atoms. The van der Waals surface area contributed by atoms with Crippen molar-refractivity contribution in [2.45, 2.75) is 83.8 Å². The van der Waals surface area contributed by atoms with Gasteiger partial charge < -0.3 is 4.74 Å². The SMILES string of the molecule is C[n+]1ccn(CCCCCCCCCCCOC(=O)CCN(Cc2ccccn2)Cc2ccccn2)c1. The molecule has 7 nitrogen and oxygen atoms in total. The van der Waals surface area contributed by atoms with Gasteiger partial charge in [0.15, 0.2) is 0 Å². The fourth-order valence-corrected chi connectivity index (χ4v) is 4.43. The van der Waals surface area contributed by atoms with E-state index in [0.717, 1.165) is 30.8 Å². The zero-order valence-electron chi connectivity index (χ0n) is 22.5. The number of rotatable bonds is 19. The maximum atomic E-state index is 12.3. The molecule has 0 atom stereocenters. The standard InChI is InChI=1S/C30H44N5O2/c1-33-22-23-34(27-33)20-13-7-5-3-2-4-6-8-14-24-37-30(36)17-21-35(25-28-15-9-11-18-31-28)26-29-16-10-12-19-32-29/h9-12,15-16,18-19,22-23,27H,2-8,13-14,17,20-21,24-26H2,1H3/q+1. The molecule has 0 radical (unpaired) electrons. The molecule has 200 valence electrons. The van der Waals surface area contributed by atoms with E-state index in [1.54, 1.807) is 12.4 Å². The third-order valence-corrected chi connectivity index (χ3v) is 6.50. The van der Waals surface area contributed by atoms with Gasteiger partial charge in [0.05, 0.1) is 38.0 Å². The predicted octanol–water partition coefficient (Wildman–Crippen LogP) is 5.25. The van der Waals surface area contributed by atoms with Crippen LogP contribution in [0.1, 0.15) is 75.6 Å². The molecule has 0 aromatic carbocycles. The quantitative estimate of drug-likeness (QED) is 0.126. The van der Waals surface area contributed by atoms with Gasteiger partial charge in [-0.05, 0) is 43.5 Å². The van der Waals surface area contributed by atoms with Crippen LogP contribution in [-0.2, 0) is 36.2 Å². The van der Waals surface area contributed by atoms with Gasteiger partial charge in [-0.15, -0.1) is 0 Å². The summed E-state index contributed by atoms with van der Waals surface area (Å²) >= 11 is 0.